The van der Waals surface area contributed by atoms with E-state index in [0.29, 0.717) is 29.9 Å². The van der Waals surface area contributed by atoms with E-state index in [1.807, 2.05) is 12.1 Å². The van der Waals surface area contributed by atoms with Crippen molar-refractivity contribution in [3.63, 3.8) is 0 Å². The van der Waals surface area contributed by atoms with Crippen molar-refractivity contribution < 1.29 is 5.11 Å². The minimum absolute atomic E-state index is 0.0823. The molecular formula is C17H19Cl4N5O. The molecule has 1 fully saturated rings. The first-order valence-corrected chi connectivity index (χ1v) is 10.1. The molecule has 0 bridgehead atoms. The lowest BCUT2D eigenvalue weighted by molar-refractivity contribution is 0.204. The van der Waals surface area contributed by atoms with Gasteiger partial charge in [-0.25, -0.2) is 4.98 Å². The molecule has 0 saturated carbocycles. The van der Waals surface area contributed by atoms with Gasteiger partial charge in [0.2, 0.25) is 9.74 Å². The van der Waals surface area contributed by atoms with Gasteiger partial charge in [0.1, 0.15) is 0 Å². The van der Waals surface area contributed by atoms with Crippen molar-refractivity contribution >= 4 is 52.4 Å². The molecule has 1 N–H and O–H groups in total. The van der Waals surface area contributed by atoms with Crippen molar-refractivity contribution in [1.82, 2.24) is 19.9 Å². The third-order valence-electron chi connectivity index (χ3n) is 4.27. The number of nitrogens with zero attached hydrogens (tertiary/aromatic N) is 5. The number of aromatic nitrogens is 3. The number of β-amino-alcohol motifs (C(OH)–C–C–N with tert-alkyl or cyclic N) is 1. The lowest BCUT2D eigenvalue weighted by atomic mass is 10.2. The molecule has 1 aliphatic rings. The maximum absolute atomic E-state index is 9.16. The lowest BCUT2D eigenvalue weighted by Crippen LogP contribution is -2.33. The highest BCUT2D eigenvalue weighted by atomic mass is 35.6. The van der Waals surface area contributed by atoms with Crippen LogP contribution in [0.4, 0.5) is 5.95 Å². The number of benzene rings is 1. The fourth-order valence-electron chi connectivity index (χ4n) is 2.90. The summed E-state index contributed by atoms with van der Waals surface area (Å²) < 4.78 is -1.76. The van der Waals surface area contributed by atoms with Crippen LogP contribution in [0.15, 0.2) is 24.3 Å². The highest BCUT2D eigenvalue weighted by molar-refractivity contribution is 6.66. The molecule has 1 aromatic carbocycles. The number of halogens is 4. The Morgan fingerprint density at radius 3 is 2.37 bits per heavy atom. The van der Waals surface area contributed by atoms with E-state index < -0.39 is 3.79 Å². The molecule has 2 heterocycles. The zero-order chi connectivity index (χ0) is 19.4. The Balaban J connectivity index is 1.94. The third-order valence-corrected chi connectivity index (χ3v) is 5.03. The fraction of sp³-hybridized carbons (Fsp3) is 0.471. The molecule has 1 aliphatic heterocycles. The van der Waals surface area contributed by atoms with E-state index in [0.717, 1.165) is 31.6 Å². The Bertz CT molecular complexity index is 769. The molecule has 0 atom stereocenters. The van der Waals surface area contributed by atoms with Crippen LogP contribution < -0.4 is 4.90 Å². The van der Waals surface area contributed by atoms with Gasteiger partial charge in [0.15, 0.2) is 11.6 Å². The van der Waals surface area contributed by atoms with Crippen LogP contribution in [0.5, 0.6) is 0 Å². The molecule has 0 unspecified atom stereocenters. The maximum atomic E-state index is 9.16. The van der Waals surface area contributed by atoms with Crippen LogP contribution >= 0.6 is 46.4 Å². The summed E-state index contributed by atoms with van der Waals surface area (Å²) in [5.74, 6) is 0.982. The molecule has 0 spiro atoms. The zero-order valence-electron chi connectivity index (χ0n) is 14.5. The van der Waals surface area contributed by atoms with Crippen LogP contribution in [0.25, 0.3) is 11.4 Å². The van der Waals surface area contributed by atoms with Crippen LogP contribution in [0.1, 0.15) is 12.2 Å². The summed E-state index contributed by atoms with van der Waals surface area (Å²) in [6.45, 7) is 3.98. The van der Waals surface area contributed by atoms with Crippen molar-refractivity contribution in [2.45, 2.75) is 10.2 Å². The first-order chi connectivity index (χ1) is 12.9. The normalized spacial score (nSPS) is 16.4. The monoisotopic (exact) mass is 449 g/mol. The van der Waals surface area contributed by atoms with E-state index in [9.17, 15) is 0 Å². The fourth-order valence-corrected chi connectivity index (χ4v) is 3.28. The molecule has 3 rings (SSSR count). The molecule has 0 aliphatic carbocycles. The number of anilines is 1. The summed E-state index contributed by atoms with van der Waals surface area (Å²) in [5.41, 5.74) is 0.760. The van der Waals surface area contributed by atoms with Crippen LogP contribution in [0.2, 0.25) is 5.02 Å². The number of hydrogen-bond donors (Lipinski definition) is 1. The number of alkyl halides is 3. The molecule has 1 saturated heterocycles. The molecule has 10 heteroatoms. The van der Waals surface area contributed by atoms with Crippen molar-refractivity contribution in [3.8, 4) is 11.4 Å². The van der Waals surface area contributed by atoms with E-state index in [1.165, 1.54) is 0 Å². The SMILES string of the molecule is OCCN1CCCN(c2nc(-c3ccc(Cl)cc3)nc(C(Cl)(Cl)Cl)n2)CC1. The van der Waals surface area contributed by atoms with Gasteiger partial charge in [-0.15, -0.1) is 0 Å². The van der Waals surface area contributed by atoms with Gasteiger partial charge in [-0.2, -0.15) is 9.97 Å². The Morgan fingerprint density at radius 2 is 1.70 bits per heavy atom. The number of rotatable bonds is 4. The molecular weight excluding hydrogens is 432 g/mol. The highest BCUT2D eigenvalue weighted by Crippen LogP contribution is 2.37. The van der Waals surface area contributed by atoms with E-state index in [1.54, 1.807) is 12.1 Å². The maximum Gasteiger partial charge on any atom is 0.250 e. The molecule has 6 nitrogen and oxygen atoms in total. The summed E-state index contributed by atoms with van der Waals surface area (Å²) in [6.07, 6.45) is 0.922. The van der Waals surface area contributed by atoms with Crippen LogP contribution in [-0.4, -0.2) is 64.3 Å². The van der Waals surface area contributed by atoms with E-state index in [-0.39, 0.29) is 12.4 Å². The Hall–Kier alpha value is -0.890. The van der Waals surface area contributed by atoms with Gasteiger partial charge in [0.05, 0.1) is 6.61 Å². The first kappa shape index (κ1) is 20.8. The van der Waals surface area contributed by atoms with Gasteiger partial charge in [0.25, 0.3) is 0 Å². The van der Waals surface area contributed by atoms with Crippen molar-refractivity contribution in [2.75, 3.05) is 44.2 Å². The number of aliphatic hydroxyl groups excluding tert-OH is 1. The topological polar surface area (TPSA) is 65.4 Å². The molecule has 0 radical (unpaired) electrons. The minimum Gasteiger partial charge on any atom is -0.395 e. The lowest BCUT2D eigenvalue weighted by Gasteiger charge is -2.23. The van der Waals surface area contributed by atoms with Gasteiger partial charge in [-0.3, -0.25) is 4.90 Å². The van der Waals surface area contributed by atoms with Crippen LogP contribution in [-0.2, 0) is 3.79 Å². The second-order valence-electron chi connectivity index (χ2n) is 6.19. The smallest absolute Gasteiger partial charge is 0.250 e. The molecule has 0 amide bonds. The Kier molecular flexibility index (Phi) is 7.00. The predicted molar refractivity (Wildman–Crippen MR) is 110 cm³/mol. The Morgan fingerprint density at radius 1 is 0.963 bits per heavy atom. The molecule has 146 valence electrons. The predicted octanol–water partition coefficient (Wildman–Crippen LogP) is 3.52. The van der Waals surface area contributed by atoms with Gasteiger partial charge >= 0.3 is 0 Å². The number of hydrogen-bond acceptors (Lipinski definition) is 6. The Labute approximate surface area is 178 Å². The summed E-state index contributed by atoms with van der Waals surface area (Å²) in [6, 6.07) is 7.14. The average Bonchev–Trinajstić information content (AvgIpc) is 2.87. The van der Waals surface area contributed by atoms with Crippen molar-refractivity contribution in [1.29, 1.82) is 0 Å². The van der Waals surface area contributed by atoms with Gasteiger partial charge < -0.3 is 10.0 Å². The van der Waals surface area contributed by atoms with E-state index in [4.69, 9.17) is 51.5 Å². The molecule has 27 heavy (non-hydrogen) atoms. The average molecular weight is 451 g/mol. The largest absolute Gasteiger partial charge is 0.395 e. The van der Waals surface area contributed by atoms with Gasteiger partial charge in [-0.05, 0) is 37.2 Å². The summed E-state index contributed by atoms with van der Waals surface area (Å²) >= 11 is 24.1. The van der Waals surface area contributed by atoms with Crippen LogP contribution in [0, 0.1) is 0 Å². The second kappa shape index (κ2) is 9.07. The first-order valence-electron chi connectivity index (χ1n) is 8.54. The summed E-state index contributed by atoms with van der Waals surface area (Å²) in [7, 11) is 0. The molecule has 1 aromatic heterocycles. The molecule has 2 aromatic rings. The van der Waals surface area contributed by atoms with Crippen molar-refractivity contribution in [3.05, 3.63) is 35.1 Å². The quantitative estimate of drug-likeness (QED) is 0.718. The van der Waals surface area contributed by atoms with E-state index >= 15 is 0 Å². The van der Waals surface area contributed by atoms with E-state index in [2.05, 4.69) is 24.8 Å². The summed E-state index contributed by atoms with van der Waals surface area (Å²) in [4.78, 5) is 17.6. The van der Waals surface area contributed by atoms with Crippen LogP contribution in [0.3, 0.4) is 0 Å². The zero-order valence-corrected chi connectivity index (χ0v) is 17.5. The van der Waals surface area contributed by atoms with Crippen molar-refractivity contribution in [2.24, 2.45) is 0 Å². The van der Waals surface area contributed by atoms with Gasteiger partial charge in [0, 0.05) is 36.8 Å². The minimum atomic E-state index is -1.76. The standard InChI is InChI=1S/C17H19Cl4N5O/c18-13-4-2-12(3-5-13)14-22-15(17(19,20)21)24-16(23-14)26-7-1-6-25(8-9-26)10-11-27/h2-5,27H,1,6-11H2. The summed E-state index contributed by atoms with van der Waals surface area (Å²) in [5, 5.41) is 9.78. The van der Waals surface area contributed by atoms with Gasteiger partial charge in [-0.1, -0.05) is 46.4 Å². The third kappa shape index (κ3) is 5.56. The highest BCUT2D eigenvalue weighted by Gasteiger charge is 2.30. The number of aliphatic hydroxyl groups is 1. The second-order valence-corrected chi connectivity index (χ2v) is 8.91.